The zero-order valence-electron chi connectivity index (χ0n) is 11.1. The number of nitrogens with one attached hydrogen (secondary N) is 1. The topological polar surface area (TPSA) is 24.5 Å². The molecule has 0 radical (unpaired) electrons. The molecule has 1 N–H and O–H groups in total. The van der Waals surface area contributed by atoms with Crippen LogP contribution in [0.25, 0.3) is 0 Å². The third-order valence-electron chi connectivity index (χ3n) is 3.14. The number of rotatable bonds is 3. The fourth-order valence-corrected chi connectivity index (χ4v) is 2.97. The van der Waals surface area contributed by atoms with Gasteiger partial charge in [0.2, 0.25) is 0 Å². The van der Waals surface area contributed by atoms with Crippen molar-refractivity contribution in [2.75, 3.05) is 26.7 Å². The molecular weight excluding hydrogens is 307 g/mol. The van der Waals surface area contributed by atoms with Gasteiger partial charge in [-0.05, 0) is 19.1 Å². The van der Waals surface area contributed by atoms with E-state index in [1.165, 1.54) is 0 Å². The van der Waals surface area contributed by atoms with Crippen LogP contribution in [0, 0.1) is 0 Å². The molecule has 0 unspecified atom stereocenters. The van der Waals surface area contributed by atoms with Crippen LogP contribution in [0.4, 0.5) is 0 Å². The van der Waals surface area contributed by atoms with Gasteiger partial charge in [-0.3, -0.25) is 4.90 Å². The molecule has 1 aliphatic heterocycles. The molecular formula is C13H19Cl3N2O. The third kappa shape index (κ3) is 4.40. The van der Waals surface area contributed by atoms with Crippen molar-refractivity contribution in [1.29, 1.82) is 0 Å². The van der Waals surface area contributed by atoms with Gasteiger partial charge in [-0.25, -0.2) is 0 Å². The number of hydrogen-bond donors (Lipinski definition) is 1. The lowest BCUT2D eigenvalue weighted by atomic mass is 10.1. The molecule has 1 aromatic carbocycles. The summed E-state index contributed by atoms with van der Waals surface area (Å²) in [7, 11) is 1.64. The zero-order chi connectivity index (χ0) is 13.1. The van der Waals surface area contributed by atoms with Crippen molar-refractivity contribution in [2.45, 2.75) is 19.5 Å². The van der Waals surface area contributed by atoms with Crippen LogP contribution in [0.5, 0.6) is 5.75 Å². The maximum atomic E-state index is 6.14. The van der Waals surface area contributed by atoms with Crippen molar-refractivity contribution in [2.24, 2.45) is 0 Å². The highest BCUT2D eigenvalue weighted by Crippen LogP contribution is 2.33. The van der Waals surface area contributed by atoms with Crippen LogP contribution in [0.2, 0.25) is 10.0 Å². The molecule has 0 spiro atoms. The molecule has 0 aliphatic carbocycles. The molecule has 2 rings (SSSR count). The second kappa shape index (κ2) is 7.55. The molecule has 108 valence electrons. The van der Waals surface area contributed by atoms with Crippen LogP contribution in [0.1, 0.15) is 12.5 Å². The molecule has 19 heavy (non-hydrogen) atoms. The van der Waals surface area contributed by atoms with Crippen molar-refractivity contribution in [3.05, 3.63) is 27.7 Å². The lowest BCUT2D eigenvalue weighted by molar-refractivity contribution is 0.197. The van der Waals surface area contributed by atoms with Gasteiger partial charge in [-0.1, -0.05) is 23.2 Å². The van der Waals surface area contributed by atoms with E-state index in [1.54, 1.807) is 13.2 Å². The highest BCUT2D eigenvalue weighted by Gasteiger charge is 2.18. The molecule has 1 heterocycles. The summed E-state index contributed by atoms with van der Waals surface area (Å²) in [6.07, 6.45) is 0. The molecule has 0 saturated carbocycles. The number of nitrogens with zero attached hydrogens (tertiary/aromatic N) is 1. The summed E-state index contributed by atoms with van der Waals surface area (Å²) in [4.78, 5) is 2.38. The van der Waals surface area contributed by atoms with Gasteiger partial charge in [0.15, 0.2) is 0 Å². The Morgan fingerprint density at radius 2 is 2.16 bits per heavy atom. The Bertz CT molecular complexity index is 429. The first-order chi connectivity index (χ1) is 8.60. The third-order valence-corrected chi connectivity index (χ3v) is 3.64. The fourth-order valence-electron chi connectivity index (χ4n) is 2.36. The number of benzene rings is 1. The molecule has 1 fully saturated rings. The molecule has 1 saturated heterocycles. The molecule has 1 aromatic rings. The summed E-state index contributed by atoms with van der Waals surface area (Å²) < 4.78 is 5.37. The van der Waals surface area contributed by atoms with E-state index >= 15 is 0 Å². The first-order valence-electron chi connectivity index (χ1n) is 6.08. The summed E-state index contributed by atoms with van der Waals surface area (Å²) in [5.74, 6) is 0.729. The SMILES string of the molecule is COc1c(Cl)cc(Cl)cc1CN1CCN[C@@H](C)C1.Cl. The highest BCUT2D eigenvalue weighted by molar-refractivity contribution is 6.35. The average molecular weight is 326 g/mol. The Morgan fingerprint density at radius 1 is 1.42 bits per heavy atom. The number of hydrogen-bond acceptors (Lipinski definition) is 3. The Morgan fingerprint density at radius 3 is 2.79 bits per heavy atom. The van der Waals surface area contributed by atoms with E-state index in [-0.39, 0.29) is 12.4 Å². The highest BCUT2D eigenvalue weighted by atomic mass is 35.5. The van der Waals surface area contributed by atoms with E-state index in [1.807, 2.05) is 6.07 Å². The summed E-state index contributed by atoms with van der Waals surface area (Å²) in [5, 5.41) is 4.65. The number of ether oxygens (including phenoxy) is 1. The van der Waals surface area contributed by atoms with Gasteiger partial charge < -0.3 is 10.1 Å². The number of methoxy groups -OCH3 is 1. The lowest BCUT2D eigenvalue weighted by Gasteiger charge is -2.32. The van der Waals surface area contributed by atoms with Crippen LogP contribution < -0.4 is 10.1 Å². The summed E-state index contributed by atoms with van der Waals surface area (Å²) >= 11 is 12.2. The lowest BCUT2D eigenvalue weighted by Crippen LogP contribution is -2.48. The van der Waals surface area contributed by atoms with Gasteiger partial charge in [0.1, 0.15) is 5.75 Å². The van der Waals surface area contributed by atoms with E-state index in [0.717, 1.165) is 37.5 Å². The molecule has 1 aliphatic rings. The molecule has 0 bridgehead atoms. The van der Waals surface area contributed by atoms with Crippen LogP contribution in [-0.2, 0) is 6.54 Å². The van der Waals surface area contributed by atoms with Gasteiger partial charge in [0.05, 0.1) is 12.1 Å². The quantitative estimate of drug-likeness (QED) is 0.923. The van der Waals surface area contributed by atoms with Gasteiger partial charge >= 0.3 is 0 Å². The standard InChI is InChI=1S/C13H18Cl2N2O.ClH/c1-9-7-17(4-3-16-9)8-10-5-11(14)6-12(15)13(10)18-2;/h5-6,9,16H,3-4,7-8H2,1-2H3;1H/t9-;/m0./s1. The molecule has 0 amide bonds. The summed E-state index contributed by atoms with van der Waals surface area (Å²) in [6, 6.07) is 4.16. The van der Waals surface area contributed by atoms with Crippen molar-refractivity contribution >= 4 is 35.6 Å². The predicted octanol–water partition coefficient (Wildman–Crippen LogP) is 3.22. The Labute approximate surface area is 130 Å². The minimum Gasteiger partial charge on any atom is -0.495 e. The van der Waals surface area contributed by atoms with Crippen molar-refractivity contribution in [1.82, 2.24) is 10.2 Å². The minimum atomic E-state index is 0. The van der Waals surface area contributed by atoms with Gasteiger partial charge in [-0.2, -0.15) is 0 Å². The van der Waals surface area contributed by atoms with Crippen LogP contribution in [0.15, 0.2) is 12.1 Å². The molecule has 0 aromatic heterocycles. The van der Waals surface area contributed by atoms with Crippen molar-refractivity contribution < 1.29 is 4.74 Å². The van der Waals surface area contributed by atoms with Gasteiger partial charge in [-0.15, -0.1) is 12.4 Å². The average Bonchev–Trinajstić information content (AvgIpc) is 2.28. The Kier molecular flexibility index (Phi) is 6.71. The van der Waals surface area contributed by atoms with Gasteiger partial charge in [0, 0.05) is 42.8 Å². The maximum Gasteiger partial charge on any atom is 0.142 e. The van der Waals surface area contributed by atoms with E-state index in [4.69, 9.17) is 27.9 Å². The van der Waals surface area contributed by atoms with E-state index in [0.29, 0.717) is 16.1 Å². The van der Waals surface area contributed by atoms with Crippen molar-refractivity contribution in [3.8, 4) is 5.75 Å². The van der Waals surface area contributed by atoms with Crippen LogP contribution in [-0.4, -0.2) is 37.7 Å². The van der Waals surface area contributed by atoms with Crippen molar-refractivity contribution in [3.63, 3.8) is 0 Å². The molecule has 1 atom stereocenters. The Balaban J connectivity index is 0.00000180. The van der Waals surface area contributed by atoms with E-state index in [9.17, 15) is 0 Å². The van der Waals surface area contributed by atoms with Crippen LogP contribution in [0.3, 0.4) is 0 Å². The van der Waals surface area contributed by atoms with E-state index < -0.39 is 0 Å². The largest absolute Gasteiger partial charge is 0.495 e. The maximum absolute atomic E-state index is 6.14. The summed E-state index contributed by atoms with van der Waals surface area (Å²) in [6.45, 7) is 6.06. The smallest absolute Gasteiger partial charge is 0.142 e. The first-order valence-corrected chi connectivity index (χ1v) is 6.83. The van der Waals surface area contributed by atoms with Crippen LogP contribution >= 0.6 is 35.6 Å². The second-order valence-corrected chi connectivity index (χ2v) is 5.51. The Hall–Kier alpha value is -0.190. The zero-order valence-corrected chi connectivity index (χ0v) is 13.4. The minimum absolute atomic E-state index is 0. The van der Waals surface area contributed by atoms with Gasteiger partial charge in [0.25, 0.3) is 0 Å². The predicted molar refractivity (Wildman–Crippen MR) is 83.0 cm³/mol. The molecule has 6 heteroatoms. The normalized spacial score (nSPS) is 19.9. The first kappa shape index (κ1) is 16.9. The number of piperazine rings is 1. The van der Waals surface area contributed by atoms with E-state index in [2.05, 4.69) is 17.1 Å². The number of halogens is 3. The molecule has 3 nitrogen and oxygen atoms in total. The fraction of sp³-hybridized carbons (Fsp3) is 0.538. The monoisotopic (exact) mass is 324 g/mol. The summed E-state index contributed by atoms with van der Waals surface area (Å²) in [5.41, 5.74) is 1.05. The second-order valence-electron chi connectivity index (χ2n) is 4.67.